The lowest BCUT2D eigenvalue weighted by Crippen LogP contribution is -2.31. The number of likely N-dealkylation sites (N-methyl/N-ethyl adjacent to an activating group) is 1. The lowest BCUT2D eigenvalue weighted by atomic mass is 10.1. The number of nitrogens with zero attached hydrogens (tertiary/aromatic N) is 1. The van der Waals surface area contributed by atoms with Crippen LogP contribution in [0, 0.1) is 0 Å². The predicted octanol–water partition coefficient (Wildman–Crippen LogP) is 3.84. The van der Waals surface area contributed by atoms with Gasteiger partial charge >= 0.3 is 5.97 Å². The van der Waals surface area contributed by atoms with E-state index < -0.39 is 12.1 Å². The molecule has 2 aromatic carbocycles. The second-order valence-corrected chi connectivity index (χ2v) is 6.71. The summed E-state index contributed by atoms with van der Waals surface area (Å²) >= 11 is 3.38. The summed E-state index contributed by atoms with van der Waals surface area (Å²) in [4.78, 5) is 26.7. The van der Waals surface area contributed by atoms with Crippen LogP contribution in [-0.2, 0) is 9.53 Å². The standard InChI is InChI=1S/C20H22BrNO5/c1-5-26-18-15(21)11-14(12-16(18)25-4)20(24)27-17(19(23)22(2)3)13-9-7-6-8-10-13/h6-12,17H,5H2,1-4H3. The molecule has 1 amide bonds. The number of benzene rings is 2. The summed E-state index contributed by atoms with van der Waals surface area (Å²) in [6.07, 6.45) is -1.04. The molecule has 2 rings (SSSR count). The van der Waals surface area contributed by atoms with Crippen LogP contribution in [0.25, 0.3) is 0 Å². The summed E-state index contributed by atoms with van der Waals surface area (Å²) in [7, 11) is 4.72. The minimum atomic E-state index is -1.04. The van der Waals surface area contributed by atoms with Crippen LogP contribution in [0.5, 0.6) is 11.5 Å². The van der Waals surface area contributed by atoms with E-state index in [4.69, 9.17) is 14.2 Å². The van der Waals surface area contributed by atoms with Crippen molar-refractivity contribution in [3.63, 3.8) is 0 Å². The molecule has 7 heteroatoms. The van der Waals surface area contributed by atoms with Crippen LogP contribution in [-0.4, -0.2) is 44.6 Å². The van der Waals surface area contributed by atoms with E-state index in [0.717, 1.165) is 0 Å². The number of hydrogen-bond donors (Lipinski definition) is 0. The van der Waals surface area contributed by atoms with Crippen LogP contribution in [0.1, 0.15) is 28.9 Å². The van der Waals surface area contributed by atoms with Crippen molar-refractivity contribution in [3.05, 3.63) is 58.1 Å². The fourth-order valence-corrected chi connectivity index (χ4v) is 2.98. The molecule has 144 valence electrons. The summed E-state index contributed by atoms with van der Waals surface area (Å²) in [6, 6.07) is 12.0. The summed E-state index contributed by atoms with van der Waals surface area (Å²) in [6.45, 7) is 2.30. The number of hydrogen-bond acceptors (Lipinski definition) is 5. The van der Waals surface area contributed by atoms with E-state index in [1.54, 1.807) is 44.4 Å². The predicted molar refractivity (Wildman–Crippen MR) is 105 cm³/mol. The lowest BCUT2D eigenvalue weighted by molar-refractivity contribution is -0.138. The van der Waals surface area contributed by atoms with Gasteiger partial charge in [-0.05, 0) is 35.0 Å². The quantitative estimate of drug-likeness (QED) is 0.618. The SMILES string of the molecule is CCOc1c(Br)cc(C(=O)OC(C(=O)N(C)C)c2ccccc2)cc1OC. The molecular formula is C20H22BrNO5. The van der Waals surface area contributed by atoms with E-state index in [1.807, 2.05) is 13.0 Å². The molecule has 0 aliphatic heterocycles. The molecule has 27 heavy (non-hydrogen) atoms. The number of esters is 1. The molecule has 0 radical (unpaired) electrons. The summed E-state index contributed by atoms with van der Waals surface area (Å²) in [5.74, 6) is -0.0680. The van der Waals surface area contributed by atoms with Crippen molar-refractivity contribution in [3.8, 4) is 11.5 Å². The molecule has 2 aromatic rings. The monoisotopic (exact) mass is 435 g/mol. The number of ether oxygens (including phenoxy) is 3. The van der Waals surface area contributed by atoms with Gasteiger partial charge < -0.3 is 19.1 Å². The van der Waals surface area contributed by atoms with E-state index in [2.05, 4.69) is 15.9 Å². The molecule has 0 bridgehead atoms. The molecule has 0 fully saturated rings. The van der Waals surface area contributed by atoms with E-state index in [1.165, 1.54) is 18.1 Å². The molecule has 0 aliphatic carbocycles. The topological polar surface area (TPSA) is 65.1 Å². The number of methoxy groups -OCH3 is 1. The van der Waals surface area contributed by atoms with E-state index in [-0.39, 0.29) is 11.5 Å². The zero-order valence-corrected chi connectivity index (χ0v) is 17.3. The summed E-state index contributed by atoms with van der Waals surface area (Å²) in [5.41, 5.74) is 0.844. The largest absolute Gasteiger partial charge is 0.493 e. The van der Waals surface area contributed by atoms with Gasteiger partial charge in [0.15, 0.2) is 11.5 Å². The molecule has 0 spiro atoms. The smallest absolute Gasteiger partial charge is 0.339 e. The van der Waals surface area contributed by atoms with Gasteiger partial charge in [-0.3, -0.25) is 4.79 Å². The number of carbonyl (C=O) groups excluding carboxylic acids is 2. The Morgan fingerprint density at radius 3 is 2.37 bits per heavy atom. The van der Waals surface area contributed by atoms with Crippen LogP contribution in [0.3, 0.4) is 0 Å². The van der Waals surface area contributed by atoms with Crippen molar-refractivity contribution in [2.24, 2.45) is 0 Å². The van der Waals surface area contributed by atoms with Gasteiger partial charge in [0.2, 0.25) is 6.10 Å². The third-order valence-electron chi connectivity index (χ3n) is 3.75. The van der Waals surface area contributed by atoms with E-state index in [9.17, 15) is 9.59 Å². The van der Waals surface area contributed by atoms with Crippen molar-refractivity contribution in [2.45, 2.75) is 13.0 Å². The van der Waals surface area contributed by atoms with Crippen LogP contribution in [0.2, 0.25) is 0 Å². The third-order valence-corrected chi connectivity index (χ3v) is 4.34. The molecule has 1 unspecified atom stereocenters. The second-order valence-electron chi connectivity index (χ2n) is 5.85. The molecular weight excluding hydrogens is 414 g/mol. The minimum Gasteiger partial charge on any atom is -0.493 e. The molecule has 0 aliphatic rings. The van der Waals surface area contributed by atoms with Crippen molar-refractivity contribution < 1.29 is 23.8 Å². The Morgan fingerprint density at radius 1 is 1.15 bits per heavy atom. The molecule has 0 saturated carbocycles. The number of amides is 1. The van der Waals surface area contributed by atoms with Crippen LogP contribution < -0.4 is 9.47 Å². The second kappa shape index (κ2) is 9.41. The Kier molecular flexibility index (Phi) is 7.24. The van der Waals surface area contributed by atoms with Gasteiger partial charge in [-0.25, -0.2) is 4.79 Å². The maximum Gasteiger partial charge on any atom is 0.339 e. The first-order valence-corrected chi connectivity index (χ1v) is 9.15. The fraction of sp³-hybridized carbons (Fsp3) is 0.300. The van der Waals surface area contributed by atoms with Gasteiger partial charge in [-0.15, -0.1) is 0 Å². The molecule has 0 aromatic heterocycles. The normalized spacial score (nSPS) is 11.4. The zero-order valence-electron chi connectivity index (χ0n) is 15.7. The Morgan fingerprint density at radius 2 is 1.81 bits per heavy atom. The highest BCUT2D eigenvalue weighted by molar-refractivity contribution is 9.10. The number of carbonyl (C=O) groups is 2. The lowest BCUT2D eigenvalue weighted by Gasteiger charge is -2.21. The molecule has 1 atom stereocenters. The number of halogens is 1. The van der Waals surface area contributed by atoms with E-state index in [0.29, 0.717) is 28.1 Å². The van der Waals surface area contributed by atoms with Gasteiger partial charge in [0.1, 0.15) is 0 Å². The Labute approximate surface area is 167 Å². The average Bonchev–Trinajstić information content (AvgIpc) is 2.67. The molecule has 0 saturated heterocycles. The van der Waals surface area contributed by atoms with Crippen molar-refractivity contribution in [1.82, 2.24) is 4.90 Å². The average molecular weight is 436 g/mol. The first-order chi connectivity index (χ1) is 12.9. The Balaban J connectivity index is 2.35. The van der Waals surface area contributed by atoms with Crippen molar-refractivity contribution >= 4 is 27.8 Å². The molecule has 0 heterocycles. The molecule has 0 N–H and O–H groups in total. The van der Waals surface area contributed by atoms with E-state index >= 15 is 0 Å². The van der Waals surface area contributed by atoms with Gasteiger partial charge in [-0.2, -0.15) is 0 Å². The summed E-state index contributed by atoms with van der Waals surface area (Å²) in [5, 5.41) is 0. The maximum absolute atomic E-state index is 12.7. The van der Waals surface area contributed by atoms with Crippen LogP contribution in [0.4, 0.5) is 0 Å². The van der Waals surface area contributed by atoms with Gasteiger partial charge in [0.25, 0.3) is 5.91 Å². The van der Waals surface area contributed by atoms with Gasteiger partial charge in [-0.1, -0.05) is 30.3 Å². The highest BCUT2D eigenvalue weighted by Crippen LogP contribution is 2.37. The highest BCUT2D eigenvalue weighted by atomic mass is 79.9. The first-order valence-electron chi connectivity index (χ1n) is 8.36. The summed E-state index contributed by atoms with van der Waals surface area (Å²) < 4.78 is 16.9. The first kappa shape index (κ1) is 20.8. The number of rotatable bonds is 7. The zero-order chi connectivity index (χ0) is 20.0. The third kappa shape index (κ3) is 5.01. The Hall–Kier alpha value is -2.54. The Bertz CT molecular complexity index is 808. The molecule has 6 nitrogen and oxygen atoms in total. The van der Waals surface area contributed by atoms with Crippen molar-refractivity contribution in [1.29, 1.82) is 0 Å². The van der Waals surface area contributed by atoms with Crippen LogP contribution in [0.15, 0.2) is 46.9 Å². The van der Waals surface area contributed by atoms with Gasteiger partial charge in [0.05, 0.1) is 23.8 Å². The minimum absolute atomic E-state index is 0.245. The fourth-order valence-electron chi connectivity index (χ4n) is 2.42. The van der Waals surface area contributed by atoms with Crippen molar-refractivity contribution in [2.75, 3.05) is 27.8 Å². The van der Waals surface area contributed by atoms with Crippen LogP contribution >= 0.6 is 15.9 Å². The maximum atomic E-state index is 12.7. The highest BCUT2D eigenvalue weighted by Gasteiger charge is 2.27. The van der Waals surface area contributed by atoms with Gasteiger partial charge in [0, 0.05) is 19.7 Å².